The molecule has 1 saturated heterocycles. The van der Waals surface area contributed by atoms with Crippen LogP contribution >= 0.6 is 0 Å². The van der Waals surface area contributed by atoms with Crippen LogP contribution in [-0.4, -0.2) is 35.0 Å². The molecule has 1 heterocycles. The van der Waals surface area contributed by atoms with E-state index in [1.54, 1.807) is 4.90 Å². The maximum Gasteiger partial charge on any atom is 0.413 e. The van der Waals surface area contributed by atoms with Gasteiger partial charge in [0.15, 0.2) is 0 Å². The van der Waals surface area contributed by atoms with Gasteiger partial charge in [0.2, 0.25) is 0 Å². The molecule has 0 unspecified atom stereocenters. The summed E-state index contributed by atoms with van der Waals surface area (Å²) >= 11 is 0. The van der Waals surface area contributed by atoms with Crippen molar-refractivity contribution in [3.8, 4) is 11.8 Å². The smallest absolute Gasteiger partial charge is 0.413 e. The summed E-state index contributed by atoms with van der Waals surface area (Å²) < 4.78 is 11.0. The highest BCUT2D eigenvalue weighted by molar-refractivity contribution is 5.70. The van der Waals surface area contributed by atoms with Crippen molar-refractivity contribution in [2.24, 2.45) is 0 Å². The molecule has 1 aliphatic heterocycles. The first-order valence-electron chi connectivity index (χ1n) is 6.32. The summed E-state index contributed by atoms with van der Waals surface area (Å²) in [6.45, 7) is 11.7. The standard InChI is InChI=1S/C14H23NO3/c1-7-8-9-11-10-17-14(5,6)15(11)12(16)18-13(2,3)4/h11H,7,10H2,1-6H3/t11-/m0/s1. The van der Waals surface area contributed by atoms with Gasteiger partial charge in [0, 0.05) is 6.42 Å². The lowest BCUT2D eigenvalue weighted by Crippen LogP contribution is -2.49. The average molecular weight is 253 g/mol. The molecule has 4 heteroatoms. The Kier molecular flexibility index (Phi) is 4.28. The highest BCUT2D eigenvalue weighted by Gasteiger charge is 2.45. The number of ether oxygens (including phenoxy) is 2. The summed E-state index contributed by atoms with van der Waals surface area (Å²) in [6.07, 6.45) is 0.388. The van der Waals surface area contributed by atoms with Gasteiger partial charge in [0.1, 0.15) is 17.4 Å². The third-order valence-electron chi connectivity index (χ3n) is 2.52. The van der Waals surface area contributed by atoms with Crippen molar-refractivity contribution in [1.29, 1.82) is 0 Å². The van der Waals surface area contributed by atoms with Crippen molar-refractivity contribution < 1.29 is 14.3 Å². The first-order chi connectivity index (χ1) is 8.17. The highest BCUT2D eigenvalue weighted by Crippen LogP contribution is 2.29. The molecule has 0 aliphatic carbocycles. The Labute approximate surface area is 110 Å². The molecule has 18 heavy (non-hydrogen) atoms. The van der Waals surface area contributed by atoms with Gasteiger partial charge < -0.3 is 9.47 Å². The molecule has 1 amide bonds. The second-order valence-corrected chi connectivity index (χ2v) is 5.80. The first kappa shape index (κ1) is 14.8. The van der Waals surface area contributed by atoms with E-state index in [-0.39, 0.29) is 12.1 Å². The molecular formula is C14H23NO3. The molecule has 1 fully saturated rings. The molecule has 1 aliphatic rings. The zero-order valence-electron chi connectivity index (χ0n) is 12.2. The van der Waals surface area contributed by atoms with Crippen molar-refractivity contribution in [1.82, 2.24) is 4.90 Å². The van der Waals surface area contributed by atoms with Crippen LogP contribution < -0.4 is 0 Å². The van der Waals surface area contributed by atoms with Crippen LogP contribution in [0.15, 0.2) is 0 Å². The lowest BCUT2D eigenvalue weighted by molar-refractivity contribution is -0.0608. The summed E-state index contributed by atoms with van der Waals surface area (Å²) in [5, 5.41) is 0. The number of rotatable bonds is 0. The Morgan fingerprint density at radius 2 is 2.11 bits per heavy atom. The van der Waals surface area contributed by atoms with Crippen LogP contribution in [0.5, 0.6) is 0 Å². The van der Waals surface area contributed by atoms with Gasteiger partial charge in [-0.3, -0.25) is 4.90 Å². The monoisotopic (exact) mass is 253 g/mol. The van der Waals surface area contributed by atoms with Gasteiger partial charge in [-0.05, 0) is 34.6 Å². The molecule has 102 valence electrons. The van der Waals surface area contributed by atoms with E-state index in [2.05, 4.69) is 11.8 Å². The zero-order valence-corrected chi connectivity index (χ0v) is 12.2. The predicted molar refractivity (Wildman–Crippen MR) is 70.0 cm³/mol. The fourth-order valence-electron chi connectivity index (χ4n) is 1.79. The summed E-state index contributed by atoms with van der Waals surface area (Å²) in [5.41, 5.74) is -1.19. The summed E-state index contributed by atoms with van der Waals surface area (Å²) in [4.78, 5) is 13.8. The molecule has 0 radical (unpaired) electrons. The second kappa shape index (κ2) is 5.19. The normalized spacial score (nSPS) is 22.3. The van der Waals surface area contributed by atoms with Gasteiger partial charge in [-0.1, -0.05) is 12.8 Å². The Bertz CT molecular complexity index is 371. The molecule has 0 saturated carbocycles. The van der Waals surface area contributed by atoms with E-state index in [1.165, 1.54) is 0 Å². The minimum Gasteiger partial charge on any atom is -0.444 e. The molecule has 0 aromatic carbocycles. The van der Waals surface area contributed by atoms with Crippen molar-refractivity contribution in [2.75, 3.05) is 6.61 Å². The summed E-state index contributed by atoms with van der Waals surface area (Å²) in [5.74, 6) is 6.05. The van der Waals surface area contributed by atoms with E-state index >= 15 is 0 Å². The van der Waals surface area contributed by atoms with Crippen LogP contribution in [0.1, 0.15) is 48.0 Å². The number of hydrogen-bond acceptors (Lipinski definition) is 3. The van der Waals surface area contributed by atoms with Gasteiger partial charge in [-0.15, -0.1) is 5.92 Å². The highest BCUT2D eigenvalue weighted by atomic mass is 16.6. The van der Waals surface area contributed by atoms with E-state index in [0.29, 0.717) is 6.61 Å². The average Bonchev–Trinajstić information content (AvgIpc) is 2.48. The van der Waals surface area contributed by atoms with Crippen LogP contribution in [0.25, 0.3) is 0 Å². The fourth-order valence-corrected chi connectivity index (χ4v) is 1.79. The molecule has 0 spiro atoms. The van der Waals surface area contributed by atoms with E-state index in [0.717, 1.165) is 6.42 Å². The van der Waals surface area contributed by atoms with Crippen LogP contribution in [0.2, 0.25) is 0 Å². The minimum atomic E-state index is -0.671. The molecule has 0 aromatic heterocycles. The Morgan fingerprint density at radius 3 is 2.61 bits per heavy atom. The Morgan fingerprint density at radius 1 is 1.50 bits per heavy atom. The Balaban J connectivity index is 2.88. The number of nitrogens with zero attached hydrogens (tertiary/aromatic N) is 1. The molecule has 0 bridgehead atoms. The molecule has 1 rings (SSSR count). The van der Waals surface area contributed by atoms with Crippen LogP contribution in [0.3, 0.4) is 0 Å². The molecule has 4 nitrogen and oxygen atoms in total. The van der Waals surface area contributed by atoms with Crippen molar-refractivity contribution in [3.05, 3.63) is 0 Å². The van der Waals surface area contributed by atoms with Gasteiger partial charge in [-0.2, -0.15) is 0 Å². The van der Waals surface area contributed by atoms with E-state index < -0.39 is 11.3 Å². The topological polar surface area (TPSA) is 38.8 Å². The van der Waals surface area contributed by atoms with E-state index in [4.69, 9.17) is 9.47 Å². The number of hydrogen-bond donors (Lipinski definition) is 0. The lowest BCUT2D eigenvalue weighted by atomic mass is 10.2. The zero-order chi connectivity index (χ0) is 14.0. The summed E-state index contributed by atoms with van der Waals surface area (Å²) in [6, 6.07) is -0.227. The quantitative estimate of drug-likeness (QED) is 0.623. The van der Waals surface area contributed by atoms with Crippen molar-refractivity contribution in [2.45, 2.75) is 65.3 Å². The predicted octanol–water partition coefficient (Wildman–Crippen LogP) is 2.77. The van der Waals surface area contributed by atoms with Crippen LogP contribution in [-0.2, 0) is 9.47 Å². The minimum absolute atomic E-state index is 0.227. The van der Waals surface area contributed by atoms with Gasteiger partial charge in [0.25, 0.3) is 0 Å². The molecule has 0 N–H and O–H groups in total. The first-order valence-corrected chi connectivity index (χ1v) is 6.32. The van der Waals surface area contributed by atoms with E-state index in [1.807, 2.05) is 41.5 Å². The van der Waals surface area contributed by atoms with E-state index in [9.17, 15) is 4.79 Å². The van der Waals surface area contributed by atoms with Crippen molar-refractivity contribution in [3.63, 3.8) is 0 Å². The molecular weight excluding hydrogens is 230 g/mol. The SMILES string of the molecule is CCC#C[C@H]1COC(C)(C)N1C(=O)OC(C)(C)C. The summed E-state index contributed by atoms with van der Waals surface area (Å²) in [7, 11) is 0. The molecule has 0 aromatic rings. The second-order valence-electron chi connectivity index (χ2n) is 5.80. The number of carbonyl (C=O) groups excluding carboxylic acids is 1. The van der Waals surface area contributed by atoms with Crippen LogP contribution in [0.4, 0.5) is 4.79 Å². The van der Waals surface area contributed by atoms with Gasteiger partial charge in [0.05, 0.1) is 6.61 Å². The lowest BCUT2D eigenvalue weighted by Gasteiger charge is -2.33. The van der Waals surface area contributed by atoms with Gasteiger partial charge in [-0.25, -0.2) is 4.79 Å². The van der Waals surface area contributed by atoms with Gasteiger partial charge >= 0.3 is 6.09 Å². The van der Waals surface area contributed by atoms with Crippen LogP contribution in [0, 0.1) is 11.8 Å². The van der Waals surface area contributed by atoms with Crippen molar-refractivity contribution >= 4 is 6.09 Å². The molecule has 1 atom stereocenters. The maximum atomic E-state index is 12.2. The largest absolute Gasteiger partial charge is 0.444 e. The maximum absolute atomic E-state index is 12.2. The fraction of sp³-hybridized carbons (Fsp3) is 0.786. The number of carbonyl (C=O) groups is 1. The Hall–Kier alpha value is -1.21. The third kappa shape index (κ3) is 3.64. The third-order valence-corrected chi connectivity index (χ3v) is 2.52. The number of amides is 1.